The third-order valence-corrected chi connectivity index (χ3v) is 15.5. The molecule has 4 heterocycles. The van der Waals surface area contributed by atoms with Gasteiger partial charge in [-0.2, -0.15) is 0 Å². The molecule has 0 spiro atoms. The maximum atomic E-state index is 6.05. The first-order valence-electron chi connectivity index (χ1n) is 18.6. The van der Waals surface area contributed by atoms with Gasteiger partial charge in [-0.05, 0) is 144 Å². The molecule has 0 aromatic rings. The molecule has 3 saturated heterocycles. The molecule has 4 heteroatoms. The highest BCUT2D eigenvalue weighted by Crippen LogP contribution is 2.59. The molecule has 10 unspecified atom stereocenters. The zero-order chi connectivity index (χ0) is 29.9. The maximum absolute atomic E-state index is 6.05. The number of likely N-dealkylation sites (tertiary alicyclic amines) is 2. The van der Waals surface area contributed by atoms with Crippen LogP contribution in [0.15, 0.2) is 23.0 Å². The van der Waals surface area contributed by atoms with Crippen molar-refractivity contribution in [1.29, 1.82) is 0 Å². The Bertz CT molecular complexity index is 1150. The average Bonchev–Trinajstić information content (AvgIpc) is 3.50. The van der Waals surface area contributed by atoms with Crippen LogP contribution in [0.2, 0.25) is 0 Å². The van der Waals surface area contributed by atoms with Gasteiger partial charge in [0.05, 0.1) is 18.3 Å². The van der Waals surface area contributed by atoms with Crippen molar-refractivity contribution in [3.05, 3.63) is 23.0 Å². The molecule has 2 saturated carbocycles. The van der Waals surface area contributed by atoms with Crippen LogP contribution >= 0.6 is 0 Å². The second kappa shape index (κ2) is 10.1. The fourth-order valence-electron chi connectivity index (χ4n) is 11.9. The Morgan fingerprint density at radius 1 is 0.860 bits per heavy atom. The van der Waals surface area contributed by atoms with Gasteiger partial charge in [0.15, 0.2) is 0 Å². The van der Waals surface area contributed by atoms with E-state index in [0.29, 0.717) is 23.3 Å². The molecule has 0 radical (unpaired) electrons. The van der Waals surface area contributed by atoms with Gasteiger partial charge in [0.1, 0.15) is 0 Å². The van der Waals surface area contributed by atoms with Gasteiger partial charge in [-0.25, -0.2) is 0 Å². The van der Waals surface area contributed by atoms with Crippen LogP contribution in [0.4, 0.5) is 0 Å². The first-order chi connectivity index (χ1) is 20.3. The van der Waals surface area contributed by atoms with Crippen molar-refractivity contribution < 1.29 is 4.74 Å². The molecule has 240 valence electrons. The quantitative estimate of drug-likeness (QED) is 0.294. The van der Waals surface area contributed by atoms with Crippen molar-refractivity contribution in [1.82, 2.24) is 15.1 Å². The van der Waals surface area contributed by atoms with Crippen LogP contribution in [0.5, 0.6) is 0 Å². The molecular formula is C39H63N3O. The van der Waals surface area contributed by atoms with E-state index >= 15 is 0 Å². The molecule has 10 atom stereocenters. The third-order valence-electron chi connectivity index (χ3n) is 15.5. The minimum absolute atomic E-state index is 0.125. The molecule has 43 heavy (non-hydrogen) atoms. The number of nitrogens with one attached hydrogen (secondary N) is 1. The molecule has 1 N–H and O–H groups in total. The molecule has 8 aliphatic rings. The topological polar surface area (TPSA) is 27.7 Å². The lowest BCUT2D eigenvalue weighted by Crippen LogP contribution is -2.63. The summed E-state index contributed by atoms with van der Waals surface area (Å²) in [7, 11) is 0. The van der Waals surface area contributed by atoms with Gasteiger partial charge in [0.2, 0.25) is 0 Å². The van der Waals surface area contributed by atoms with Crippen LogP contribution in [0.3, 0.4) is 0 Å². The number of piperidine rings is 2. The maximum Gasteiger partial charge on any atom is 0.0988 e. The monoisotopic (exact) mass is 589 g/mol. The summed E-state index contributed by atoms with van der Waals surface area (Å²) in [6.45, 7) is 25.6. The second-order valence-electron chi connectivity index (χ2n) is 19.2. The zero-order valence-corrected chi connectivity index (χ0v) is 28.8. The molecular weight excluding hydrogens is 526 g/mol. The van der Waals surface area contributed by atoms with E-state index in [2.05, 4.69) is 69.7 Å². The second-order valence-corrected chi connectivity index (χ2v) is 19.2. The van der Waals surface area contributed by atoms with Crippen molar-refractivity contribution in [3.8, 4) is 0 Å². The van der Waals surface area contributed by atoms with E-state index in [1.54, 1.807) is 11.1 Å². The van der Waals surface area contributed by atoms with Crippen molar-refractivity contribution in [3.63, 3.8) is 0 Å². The lowest BCUT2D eigenvalue weighted by molar-refractivity contribution is -0.0676. The van der Waals surface area contributed by atoms with Crippen LogP contribution in [0.1, 0.15) is 113 Å². The highest BCUT2D eigenvalue weighted by molar-refractivity contribution is 5.30. The van der Waals surface area contributed by atoms with Crippen molar-refractivity contribution >= 4 is 0 Å². The van der Waals surface area contributed by atoms with Gasteiger partial charge < -0.3 is 10.1 Å². The summed E-state index contributed by atoms with van der Waals surface area (Å²) >= 11 is 0. The number of hydrogen-bond acceptors (Lipinski definition) is 4. The number of ether oxygens (including phenoxy) is 1. The third kappa shape index (κ3) is 4.84. The fraction of sp³-hybridized carbons (Fsp3) is 0.897. The number of hydrogen-bond donors (Lipinski definition) is 1. The van der Waals surface area contributed by atoms with E-state index in [4.69, 9.17) is 4.74 Å². The molecule has 0 aromatic heterocycles. The molecule has 0 amide bonds. The first-order valence-corrected chi connectivity index (χ1v) is 18.6. The molecule has 4 nitrogen and oxygen atoms in total. The summed E-state index contributed by atoms with van der Waals surface area (Å²) in [5.74, 6) is 7.23. The van der Waals surface area contributed by atoms with Crippen LogP contribution in [0.25, 0.3) is 0 Å². The molecule has 8 rings (SSSR count). The van der Waals surface area contributed by atoms with Gasteiger partial charge in [0, 0.05) is 43.3 Å². The first kappa shape index (κ1) is 29.6. The van der Waals surface area contributed by atoms with Crippen LogP contribution in [-0.4, -0.2) is 66.3 Å². The minimum Gasteiger partial charge on any atom is -0.497 e. The van der Waals surface area contributed by atoms with Crippen molar-refractivity contribution in [2.24, 2.45) is 52.3 Å². The summed E-state index contributed by atoms with van der Waals surface area (Å²) in [6, 6.07) is 0.666. The van der Waals surface area contributed by atoms with E-state index in [0.717, 1.165) is 36.2 Å². The predicted molar refractivity (Wildman–Crippen MR) is 177 cm³/mol. The lowest BCUT2D eigenvalue weighted by Gasteiger charge is -2.58. The van der Waals surface area contributed by atoms with E-state index in [9.17, 15) is 0 Å². The zero-order valence-electron chi connectivity index (χ0n) is 28.8. The standard InChI is InChI=1S/C39H63N3O/c1-36(2,3)31-14-25-11-12-40-34(33(25)16-31)18-38(6,42-21-28-13-29(28)22-42)24-39(7,32-15-30-23-43-35(30)17-32)37(4,5)41-19-26-9-8-10-27(26)20-41/h17,25,28-34,40H,8-16,18-24H2,1-7H3. The highest BCUT2D eigenvalue weighted by Gasteiger charge is 2.59. The molecule has 0 bridgehead atoms. The Balaban J connectivity index is 1.11. The summed E-state index contributed by atoms with van der Waals surface area (Å²) in [5.41, 5.74) is 4.54. The number of nitrogens with zero attached hydrogens (tertiary/aromatic N) is 2. The van der Waals surface area contributed by atoms with E-state index in [-0.39, 0.29) is 16.5 Å². The van der Waals surface area contributed by atoms with Gasteiger partial charge in [-0.3, -0.25) is 9.80 Å². The molecule has 5 fully saturated rings. The molecule has 4 aliphatic heterocycles. The smallest absolute Gasteiger partial charge is 0.0988 e. The van der Waals surface area contributed by atoms with E-state index in [1.807, 2.05) is 0 Å². The normalized spacial score (nSPS) is 42.0. The number of allylic oxidation sites excluding steroid dienone is 1. The van der Waals surface area contributed by atoms with Crippen LogP contribution in [-0.2, 0) is 4.74 Å². The Labute approximate surface area is 263 Å². The summed E-state index contributed by atoms with van der Waals surface area (Å²) in [5, 5.41) is 4.19. The Morgan fingerprint density at radius 3 is 2.19 bits per heavy atom. The van der Waals surface area contributed by atoms with Gasteiger partial charge in [0.25, 0.3) is 0 Å². The average molecular weight is 590 g/mol. The number of fused-ring (bicyclic) bond motifs is 3. The molecule has 0 aromatic carbocycles. The minimum atomic E-state index is 0.125. The van der Waals surface area contributed by atoms with Gasteiger partial charge >= 0.3 is 0 Å². The summed E-state index contributed by atoms with van der Waals surface area (Å²) < 4.78 is 6.05. The summed E-state index contributed by atoms with van der Waals surface area (Å²) in [6.07, 6.45) is 16.4. The van der Waals surface area contributed by atoms with Crippen LogP contribution < -0.4 is 5.32 Å². The Morgan fingerprint density at radius 2 is 1.58 bits per heavy atom. The van der Waals surface area contributed by atoms with Crippen LogP contribution in [0, 0.1) is 52.3 Å². The van der Waals surface area contributed by atoms with E-state index < -0.39 is 0 Å². The molecule has 4 aliphatic carbocycles. The Kier molecular flexibility index (Phi) is 6.93. The Hall–Kier alpha value is -0.840. The van der Waals surface area contributed by atoms with Crippen molar-refractivity contribution in [2.75, 3.05) is 39.3 Å². The SMILES string of the molecule is CC(C)(C)C1CC2CCNC(CC(C)(CC(C)(C3C=C4OCC4C3)C(C)(C)N3CC4=C(CCC4)C3)N3CC4CC4C3)C2C1. The largest absolute Gasteiger partial charge is 0.497 e. The highest BCUT2D eigenvalue weighted by atomic mass is 16.5. The van der Waals surface area contributed by atoms with Gasteiger partial charge in [-0.1, -0.05) is 38.8 Å². The lowest BCUT2D eigenvalue weighted by atomic mass is 9.57. The predicted octanol–water partition coefficient (Wildman–Crippen LogP) is 7.66. The fourth-order valence-corrected chi connectivity index (χ4v) is 11.9. The van der Waals surface area contributed by atoms with Gasteiger partial charge in [-0.15, -0.1) is 0 Å². The van der Waals surface area contributed by atoms with Crippen molar-refractivity contribution in [2.45, 2.75) is 130 Å². The number of rotatable bonds is 8. The van der Waals surface area contributed by atoms with E-state index in [1.165, 1.54) is 103 Å². The summed E-state index contributed by atoms with van der Waals surface area (Å²) in [4.78, 5) is 5.97.